The van der Waals surface area contributed by atoms with Gasteiger partial charge < -0.3 is 20.1 Å². The molecule has 2 aromatic heterocycles. The van der Waals surface area contributed by atoms with Gasteiger partial charge in [0.15, 0.2) is 17.1 Å². The molecule has 1 aromatic carbocycles. The maximum atomic E-state index is 13.3. The first-order valence-corrected chi connectivity index (χ1v) is 12.6. The van der Waals surface area contributed by atoms with Gasteiger partial charge in [-0.15, -0.1) is 0 Å². The molecule has 0 aliphatic heterocycles. The number of nitrogens with two attached hydrogens (primary N) is 1. The van der Waals surface area contributed by atoms with Crippen molar-refractivity contribution in [2.24, 2.45) is 5.73 Å². The van der Waals surface area contributed by atoms with Gasteiger partial charge in [-0.3, -0.25) is 9.59 Å². The van der Waals surface area contributed by atoms with Crippen LogP contribution in [0.1, 0.15) is 72.9 Å². The number of aryl methyl sites for hydroxylation is 2. The summed E-state index contributed by atoms with van der Waals surface area (Å²) in [4.78, 5) is 31.4. The van der Waals surface area contributed by atoms with Crippen molar-refractivity contribution in [2.45, 2.75) is 66.8 Å². The van der Waals surface area contributed by atoms with Crippen LogP contribution < -0.4 is 15.2 Å². The molecule has 0 aliphatic carbocycles. The second-order valence-corrected chi connectivity index (χ2v) is 8.80. The largest absolute Gasteiger partial charge is 0.490 e. The predicted molar refractivity (Wildman–Crippen MR) is 138 cm³/mol. The highest BCUT2D eigenvalue weighted by Crippen LogP contribution is 2.29. The van der Waals surface area contributed by atoms with E-state index in [1.54, 1.807) is 4.52 Å². The SMILES string of the molecule is CCCOc1ccc(CN(CCC)C(=O)CCc2c(C)nc3c(C(N)=O)cnn3c2C)cc1OCC. The highest BCUT2D eigenvalue weighted by molar-refractivity contribution is 5.98. The van der Waals surface area contributed by atoms with Crippen LogP contribution in [0, 0.1) is 13.8 Å². The average molecular weight is 496 g/mol. The average Bonchev–Trinajstić information content (AvgIpc) is 3.27. The third-order valence-corrected chi connectivity index (χ3v) is 6.05. The number of carbonyl (C=O) groups excluding carboxylic acids is 2. The van der Waals surface area contributed by atoms with Crippen molar-refractivity contribution in [1.82, 2.24) is 19.5 Å². The molecule has 3 rings (SSSR count). The van der Waals surface area contributed by atoms with Gasteiger partial charge in [0.1, 0.15) is 5.56 Å². The fourth-order valence-corrected chi connectivity index (χ4v) is 4.27. The van der Waals surface area contributed by atoms with E-state index in [0.717, 1.165) is 41.1 Å². The van der Waals surface area contributed by atoms with Gasteiger partial charge in [-0.05, 0) is 63.3 Å². The molecule has 0 radical (unpaired) electrons. The van der Waals surface area contributed by atoms with Gasteiger partial charge in [-0.2, -0.15) is 5.10 Å². The van der Waals surface area contributed by atoms with E-state index in [9.17, 15) is 9.59 Å². The van der Waals surface area contributed by atoms with E-state index in [1.165, 1.54) is 6.20 Å². The smallest absolute Gasteiger partial charge is 0.254 e. The molecule has 2 heterocycles. The maximum Gasteiger partial charge on any atom is 0.254 e. The van der Waals surface area contributed by atoms with Crippen LogP contribution in [0.3, 0.4) is 0 Å². The van der Waals surface area contributed by atoms with E-state index in [-0.39, 0.29) is 11.5 Å². The standard InChI is InChI=1S/C27H37N5O4/c1-6-13-31(17-20-9-11-23(36-14-7-2)24(15-20)35-8-3)25(33)12-10-21-18(4)30-27-22(26(28)34)16-29-32(27)19(21)5/h9,11,15-16H,6-8,10,12-14,17H2,1-5H3,(H2,28,34). The fourth-order valence-electron chi connectivity index (χ4n) is 4.27. The summed E-state index contributed by atoms with van der Waals surface area (Å²) in [7, 11) is 0. The summed E-state index contributed by atoms with van der Waals surface area (Å²) >= 11 is 0. The Morgan fingerprint density at radius 3 is 2.53 bits per heavy atom. The highest BCUT2D eigenvalue weighted by Gasteiger charge is 2.19. The monoisotopic (exact) mass is 495 g/mol. The summed E-state index contributed by atoms with van der Waals surface area (Å²) in [6, 6.07) is 5.87. The van der Waals surface area contributed by atoms with Crippen molar-refractivity contribution < 1.29 is 19.1 Å². The van der Waals surface area contributed by atoms with Crippen molar-refractivity contribution >= 4 is 17.5 Å². The van der Waals surface area contributed by atoms with Gasteiger partial charge in [-0.25, -0.2) is 9.50 Å². The van der Waals surface area contributed by atoms with Crippen LogP contribution in [0.4, 0.5) is 0 Å². The first-order chi connectivity index (χ1) is 17.3. The van der Waals surface area contributed by atoms with Crippen molar-refractivity contribution in [3.8, 4) is 11.5 Å². The molecule has 36 heavy (non-hydrogen) atoms. The molecule has 0 saturated heterocycles. The summed E-state index contributed by atoms with van der Waals surface area (Å²) in [6.45, 7) is 12.2. The Labute approximate surface area is 212 Å². The molecule has 0 unspecified atom stereocenters. The maximum absolute atomic E-state index is 13.3. The van der Waals surface area contributed by atoms with Crippen LogP contribution in [0.2, 0.25) is 0 Å². The van der Waals surface area contributed by atoms with E-state index < -0.39 is 5.91 Å². The Morgan fingerprint density at radius 2 is 1.86 bits per heavy atom. The molecule has 9 heteroatoms. The molecule has 0 aliphatic rings. The lowest BCUT2D eigenvalue weighted by Gasteiger charge is -2.23. The number of ether oxygens (including phenoxy) is 2. The van der Waals surface area contributed by atoms with Crippen LogP contribution in [0.15, 0.2) is 24.4 Å². The van der Waals surface area contributed by atoms with E-state index in [4.69, 9.17) is 15.2 Å². The Hall–Kier alpha value is -3.62. The summed E-state index contributed by atoms with van der Waals surface area (Å²) in [5.41, 5.74) is 9.73. The van der Waals surface area contributed by atoms with Crippen molar-refractivity contribution in [1.29, 1.82) is 0 Å². The minimum absolute atomic E-state index is 0.0679. The van der Waals surface area contributed by atoms with Crippen LogP contribution in [0.25, 0.3) is 5.65 Å². The second-order valence-electron chi connectivity index (χ2n) is 8.80. The fraction of sp³-hybridized carbons (Fsp3) is 0.481. The molecular weight excluding hydrogens is 458 g/mol. The van der Waals surface area contributed by atoms with Crippen LogP contribution in [-0.2, 0) is 17.8 Å². The number of amides is 2. The first kappa shape index (κ1) is 27.0. The van der Waals surface area contributed by atoms with Gasteiger partial charge in [-0.1, -0.05) is 19.9 Å². The summed E-state index contributed by atoms with van der Waals surface area (Å²) in [6.07, 6.45) is 4.08. The summed E-state index contributed by atoms with van der Waals surface area (Å²) < 4.78 is 13.2. The number of primary amides is 1. The first-order valence-electron chi connectivity index (χ1n) is 12.6. The lowest BCUT2D eigenvalue weighted by Crippen LogP contribution is -2.31. The number of hydrogen-bond donors (Lipinski definition) is 1. The Morgan fingerprint density at radius 1 is 1.08 bits per heavy atom. The molecule has 0 saturated carbocycles. The second kappa shape index (κ2) is 12.4. The Balaban J connectivity index is 1.76. The highest BCUT2D eigenvalue weighted by atomic mass is 16.5. The zero-order valence-electron chi connectivity index (χ0n) is 22.0. The van der Waals surface area contributed by atoms with E-state index in [2.05, 4.69) is 23.9 Å². The zero-order valence-corrected chi connectivity index (χ0v) is 22.0. The minimum atomic E-state index is -0.563. The van der Waals surface area contributed by atoms with Crippen molar-refractivity contribution in [3.05, 3.63) is 52.5 Å². The zero-order chi connectivity index (χ0) is 26.2. The lowest BCUT2D eigenvalue weighted by molar-refractivity contribution is -0.131. The van der Waals surface area contributed by atoms with E-state index in [1.807, 2.05) is 43.9 Å². The molecule has 0 spiro atoms. The number of benzene rings is 1. The lowest BCUT2D eigenvalue weighted by atomic mass is 10.1. The van der Waals surface area contributed by atoms with Gasteiger partial charge >= 0.3 is 0 Å². The third kappa shape index (κ3) is 6.13. The normalized spacial score (nSPS) is 11.0. The molecule has 2 N–H and O–H groups in total. The van der Waals surface area contributed by atoms with Gasteiger partial charge in [0.25, 0.3) is 5.91 Å². The Bertz CT molecular complexity index is 1220. The quantitative estimate of drug-likeness (QED) is 0.384. The van der Waals surface area contributed by atoms with Crippen molar-refractivity contribution in [3.63, 3.8) is 0 Å². The number of aromatic nitrogens is 3. The number of rotatable bonds is 13. The van der Waals surface area contributed by atoms with E-state index >= 15 is 0 Å². The Kier molecular flexibility index (Phi) is 9.27. The van der Waals surface area contributed by atoms with E-state index in [0.29, 0.717) is 50.5 Å². The minimum Gasteiger partial charge on any atom is -0.490 e. The van der Waals surface area contributed by atoms with Crippen LogP contribution in [-0.4, -0.2) is 51.1 Å². The van der Waals surface area contributed by atoms with Crippen molar-refractivity contribution in [2.75, 3.05) is 19.8 Å². The molecule has 0 fully saturated rings. The van der Waals surface area contributed by atoms with Crippen LogP contribution >= 0.6 is 0 Å². The number of fused-ring (bicyclic) bond motifs is 1. The number of hydrogen-bond acceptors (Lipinski definition) is 6. The molecule has 194 valence electrons. The number of nitrogens with zero attached hydrogens (tertiary/aromatic N) is 4. The van der Waals surface area contributed by atoms with Gasteiger partial charge in [0.05, 0.1) is 19.4 Å². The van der Waals surface area contributed by atoms with Crippen LogP contribution in [0.5, 0.6) is 11.5 Å². The number of carbonyl (C=O) groups is 2. The topological polar surface area (TPSA) is 112 Å². The predicted octanol–water partition coefficient (Wildman–Crippen LogP) is 4.00. The van der Waals surface area contributed by atoms with Gasteiger partial charge in [0, 0.05) is 30.9 Å². The summed E-state index contributed by atoms with van der Waals surface area (Å²) in [5, 5.41) is 4.27. The molecule has 0 atom stereocenters. The molecule has 3 aromatic rings. The molecule has 9 nitrogen and oxygen atoms in total. The molecule has 2 amide bonds. The summed E-state index contributed by atoms with van der Waals surface area (Å²) in [5.74, 6) is 0.931. The molecular formula is C27H37N5O4. The third-order valence-electron chi connectivity index (χ3n) is 6.05. The molecule has 0 bridgehead atoms. The van der Waals surface area contributed by atoms with Gasteiger partial charge in [0.2, 0.25) is 5.91 Å².